The zero-order valence-electron chi connectivity index (χ0n) is 17.3. The maximum atomic E-state index is 13.3. The minimum atomic E-state index is -0.791. The maximum absolute atomic E-state index is 13.3. The van der Waals surface area contributed by atoms with E-state index in [0.29, 0.717) is 9.20 Å². The molecule has 1 atom stereocenters. The molecule has 4 heterocycles. The van der Waals surface area contributed by atoms with E-state index < -0.39 is 23.4 Å². The van der Waals surface area contributed by atoms with Crippen LogP contribution in [0.4, 0.5) is 0 Å². The van der Waals surface area contributed by atoms with Gasteiger partial charge in [-0.15, -0.1) is 34.0 Å². The Labute approximate surface area is 195 Å². The molecular formula is C22H20N2O5S3. The monoisotopic (exact) mass is 488 g/mol. The second kappa shape index (κ2) is 9.27. The van der Waals surface area contributed by atoms with E-state index in [1.807, 2.05) is 35.0 Å². The number of thiophene rings is 2. The van der Waals surface area contributed by atoms with E-state index in [2.05, 4.69) is 0 Å². The lowest BCUT2D eigenvalue weighted by Gasteiger charge is -2.25. The summed E-state index contributed by atoms with van der Waals surface area (Å²) in [6.07, 6.45) is 1.75. The molecule has 0 aromatic carbocycles. The fraction of sp³-hybridized carbons (Fsp3) is 0.227. The Morgan fingerprint density at radius 1 is 1.06 bits per heavy atom. The van der Waals surface area contributed by atoms with Gasteiger partial charge < -0.3 is 15.2 Å². The quantitative estimate of drug-likeness (QED) is 0.533. The van der Waals surface area contributed by atoms with E-state index in [0.717, 1.165) is 21.1 Å². The van der Waals surface area contributed by atoms with Crippen LogP contribution in [0.2, 0.25) is 0 Å². The summed E-state index contributed by atoms with van der Waals surface area (Å²) < 4.78 is 12.6. The molecular weight excluding hydrogens is 468 g/mol. The van der Waals surface area contributed by atoms with Gasteiger partial charge >= 0.3 is 11.9 Å². The van der Waals surface area contributed by atoms with Crippen molar-refractivity contribution in [3.8, 4) is 0 Å². The molecule has 0 amide bonds. The van der Waals surface area contributed by atoms with Gasteiger partial charge in [-0.05, 0) is 42.8 Å². The predicted octanol–water partition coefficient (Wildman–Crippen LogP) is 2.06. The average Bonchev–Trinajstić information content (AvgIpc) is 3.51. The molecule has 0 fully saturated rings. The Bertz CT molecular complexity index is 1360. The molecule has 0 radical (unpaired) electrons. The smallest absolute Gasteiger partial charge is 0.338 e. The van der Waals surface area contributed by atoms with E-state index in [9.17, 15) is 14.4 Å². The van der Waals surface area contributed by atoms with Crippen molar-refractivity contribution in [1.82, 2.24) is 4.57 Å². The van der Waals surface area contributed by atoms with Crippen molar-refractivity contribution < 1.29 is 19.1 Å². The summed E-state index contributed by atoms with van der Waals surface area (Å²) in [4.78, 5) is 41.1. The summed E-state index contributed by atoms with van der Waals surface area (Å²) in [5.41, 5.74) is 6.29. The molecule has 3 aromatic heterocycles. The molecule has 0 bridgehead atoms. The van der Waals surface area contributed by atoms with Gasteiger partial charge in [0.1, 0.15) is 10.5 Å². The van der Waals surface area contributed by atoms with E-state index >= 15 is 0 Å². The molecule has 4 rings (SSSR count). The van der Waals surface area contributed by atoms with Crippen LogP contribution < -0.4 is 20.5 Å². The van der Waals surface area contributed by atoms with Gasteiger partial charge in [0.25, 0.3) is 5.56 Å². The van der Waals surface area contributed by atoms with Gasteiger partial charge in [-0.25, -0.2) is 9.59 Å². The first-order valence-corrected chi connectivity index (χ1v) is 12.4. The Hall–Kier alpha value is -2.95. The highest BCUT2D eigenvalue weighted by Crippen LogP contribution is 2.39. The Kier molecular flexibility index (Phi) is 6.45. The molecule has 0 unspecified atom stereocenters. The van der Waals surface area contributed by atoms with Crippen molar-refractivity contribution in [1.29, 1.82) is 0 Å². The predicted molar refractivity (Wildman–Crippen MR) is 127 cm³/mol. The number of hydrogen-bond acceptors (Lipinski definition) is 9. The van der Waals surface area contributed by atoms with Crippen LogP contribution in [0, 0.1) is 0 Å². The molecule has 1 aliphatic rings. The first-order valence-electron chi connectivity index (χ1n) is 9.86. The van der Waals surface area contributed by atoms with Crippen LogP contribution in [-0.4, -0.2) is 29.7 Å². The second-order valence-corrected chi connectivity index (χ2v) is 9.66. The van der Waals surface area contributed by atoms with Crippen LogP contribution in [0.15, 0.2) is 45.4 Å². The minimum Gasteiger partial charge on any atom is -0.463 e. The third kappa shape index (κ3) is 3.85. The Morgan fingerprint density at radius 2 is 1.72 bits per heavy atom. The van der Waals surface area contributed by atoms with Crippen LogP contribution in [0.3, 0.4) is 0 Å². The number of carbonyl (C=O) groups excluding carboxylic acids is 2. The van der Waals surface area contributed by atoms with Gasteiger partial charge in [0, 0.05) is 9.75 Å². The van der Waals surface area contributed by atoms with Gasteiger partial charge in [0.2, 0.25) is 0 Å². The molecule has 32 heavy (non-hydrogen) atoms. The average molecular weight is 489 g/mol. The number of rotatable bonds is 6. The SMILES string of the molecule is CCOC(=O)C1=C(N)n2c(sc(=Cc3cccs3)c2=O)=C(C(=O)OCC)[C@H]1c1cccs1. The Morgan fingerprint density at radius 3 is 2.31 bits per heavy atom. The summed E-state index contributed by atoms with van der Waals surface area (Å²) in [6, 6.07) is 7.42. The molecule has 0 aliphatic carbocycles. The van der Waals surface area contributed by atoms with Crippen molar-refractivity contribution in [3.05, 3.63) is 69.9 Å². The molecule has 3 aromatic rings. The van der Waals surface area contributed by atoms with Gasteiger partial charge in [0.05, 0.1) is 34.8 Å². The number of thiazole rings is 1. The minimum absolute atomic E-state index is 0.0306. The van der Waals surface area contributed by atoms with Crippen molar-refractivity contribution in [2.45, 2.75) is 19.8 Å². The number of nitrogens with two attached hydrogens (primary N) is 1. The summed E-state index contributed by atoms with van der Waals surface area (Å²) >= 11 is 4.03. The third-order valence-corrected chi connectivity index (χ3v) is 7.65. The van der Waals surface area contributed by atoms with Crippen molar-refractivity contribution in [2.24, 2.45) is 5.73 Å². The molecule has 0 saturated carbocycles. The van der Waals surface area contributed by atoms with Gasteiger partial charge in [-0.1, -0.05) is 12.1 Å². The molecule has 0 saturated heterocycles. The van der Waals surface area contributed by atoms with Crippen LogP contribution in [0.5, 0.6) is 0 Å². The fourth-order valence-corrected chi connectivity index (χ4v) is 6.24. The van der Waals surface area contributed by atoms with E-state index in [1.54, 1.807) is 19.9 Å². The lowest BCUT2D eigenvalue weighted by atomic mass is 9.87. The number of fused-ring (bicyclic) bond motifs is 1. The van der Waals surface area contributed by atoms with Crippen LogP contribution in [0.25, 0.3) is 17.5 Å². The molecule has 1 aliphatic heterocycles. The highest BCUT2D eigenvalue weighted by Gasteiger charge is 2.40. The number of nitrogens with zero attached hydrogens (tertiary/aromatic N) is 1. The van der Waals surface area contributed by atoms with Gasteiger partial charge in [-0.2, -0.15) is 0 Å². The second-order valence-electron chi connectivity index (χ2n) is 6.67. The summed E-state index contributed by atoms with van der Waals surface area (Å²) in [5, 5.41) is 3.76. The maximum Gasteiger partial charge on any atom is 0.338 e. The normalized spacial score (nSPS) is 16.2. The molecule has 7 nitrogen and oxygen atoms in total. The zero-order chi connectivity index (χ0) is 22.8. The fourth-order valence-electron chi connectivity index (χ4n) is 3.51. The van der Waals surface area contributed by atoms with Crippen molar-refractivity contribution >= 4 is 63.4 Å². The van der Waals surface area contributed by atoms with Crippen molar-refractivity contribution in [2.75, 3.05) is 13.2 Å². The molecule has 10 heteroatoms. The van der Waals surface area contributed by atoms with Gasteiger partial charge in [-0.3, -0.25) is 9.36 Å². The zero-order valence-corrected chi connectivity index (χ0v) is 19.8. The van der Waals surface area contributed by atoms with Crippen LogP contribution in [-0.2, 0) is 19.1 Å². The molecule has 166 valence electrons. The summed E-state index contributed by atoms with van der Waals surface area (Å²) in [5.74, 6) is -2.09. The lowest BCUT2D eigenvalue weighted by molar-refractivity contribution is -0.138. The molecule has 0 spiro atoms. The number of hydrogen-bond donors (Lipinski definition) is 1. The summed E-state index contributed by atoms with van der Waals surface area (Å²) in [7, 11) is 0. The number of esters is 2. The number of ether oxygens (including phenoxy) is 2. The lowest BCUT2D eigenvalue weighted by Crippen LogP contribution is -2.41. The standard InChI is InChI=1S/C22H20N2O5S3/c1-3-28-21(26)16-15(13-8-6-10-31-13)17(22(27)29-4-2)20-24(18(16)23)19(25)14(32-20)11-12-7-5-9-30-12/h5-11,15H,3-4,23H2,1-2H3/t15-/m0/s1. The van der Waals surface area contributed by atoms with Gasteiger partial charge in [0.15, 0.2) is 0 Å². The topological polar surface area (TPSA) is 101 Å². The highest BCUT2D eigenvalue weighted by atomic mass is 32.1. The first-order chi connectivity index (χ1) is 15.5. The largest absolute Gasteiger partial charge is 0.463 e. The Balaban J connectivity index is 2.11. The van der Waals surface area contributed by atoms with E-state index in [-0.39, 0.29) is 30.2 Å². The van der Waals surface area contributed by atoms with E-state index in [1.165, 1.54) is 27.2 Å². The number of carbonyl (C=O) groups is 2. The van der Waals surface area contributed by atoms with Crippen molar-refractivity contribution in [3.63, 3.8) is 0 Å². The molecule has 2 N–H and O–H groups in total. The number of aromatic nitrogens is 1. The van der Waals surface area contributed by atoms with Crippen LogP contribution >= 0.6 is 34.0 Å². The summed E-state index contributed by atoms with van der Waals surface area (Å²) in [6.45, 7) is 3.67. The third-order valence-electron chi connectivity index (χ3n) is 4.78. The highest BCUT2D eigenvalue weighted by molar-refractivity contribution is 7.11. The first kappa shape index (κ1) is 22.3. The van der Waals surface area contributed by atoms with Crippen LogP contribution in [0.1, 0.15) is 29.5 Å². The van der Waals surface area contributed by atoms with E-state index in [4.69, 9.17) is 15.2 Å².